The fourth-order valence-corrected chi connectivity index (χ4v) is 3.45. The number of ether oxygens (including phenoxy) is 4. The van der Waals surface area contributed by atoms with Gasteiger partial charge in [0.05, 0.1) is 6.61 Å². The van der Waals surface area contributed by atoms with Crippen molar-refractivity contribution < 1.29 is 58.6 Å². The third kappa shape index (κ3) is 14.2. The molecule has 0 aliphatic carbocycles. The molecule has 4 amide bonds. The van der Waals surface area contributed by atoms with Crippen molar-refractivity contribution in [1.29, 1.82) is 0 Å². The smallest absolute Gasteiger partial charge is 0.414 e. The van der Waals surface area contributed by atoms with Gasteiger partial charge in [-0.15, -0.1) is 0 Å². The molecule has 6 atom stereocenters. The number of hydrogen-bond donors (Lipinski definition) is 8. The Hall–Kier alpha value is -3.09. The Labute approximate surface area is 244 Å². The van der Waals surface area contributed by atoms with E-state index in [4.69, 9.17) is 24.7 Å². The van der Waals surface area contributed by atoms with Gasteiger partial charge in [-0.2, -0.15) is 0 Å². The average Bonchev–Trinajstić information content (AvgIpc) is 2.83. The van der Waals surface area contributed by atoms with E-state index in [1.165, 1.54) is 0 Å². The van der Waals surface area contributed by atoms with Gasteiger partial charge >= 0.3 is 12.2 Å². The Kier molecular flexibility index (Phi) is 14.5. The zero-order valence-corrected chi connectivity index (χ0v) is 24.8. The van der Waals surface area contributed by atoms with E-state index in [1.807, 2.05) is 0 Å². The molecule has 9 N–H and O–H groups in total. The molecule has 0 spiro atoms. The second-order valence-corrected chi connectivity index (χ2v) is 11.5. The lowest BCUT2D eigenvalue weighted by molar-refractivity contribution is -0.299. The van der Waals surface area contributed by atoms with Crippen LogP contribution in [0.3, 0.4) is 0 Å². The maximum atomic E-state index is 12.3. The average molecular weight is 608 g/mol. The molecule has 1 aliphatic heterocycles. The van der Waals surface area contributed by atoms with Crippen molar-refractivity contribution >= 4 is 30.0 Å². The number of aliphatic hydroxyl groups excluding tert-OH is 4. The molecule has 242 valence electrons. The van der Waals surface area contributed by atoms with Gasteiger partial charge in [0.1, 0.15) is 48.3 Å². The monoisotopic (exact) mass is 607 g/mol. The van der Waals surface area contributed by atoms with Crippen LogP contribution in [-0.2, 0) is 28.5 Å². The van der Waals surface area contributed by atoms with E-state index in [0.29, 0.717) is 12.8 Å². The number of carbonyl (C=O) groups excluding carboxylic acids is 4. The van der Waals surface area contributed by atoms with E-state index in [-0.39, 0.29) is 18.9 Å². The first-order valence-corrected chi connectivity index (χ1v) is 13.4. The summed E-state index contributed by atoms with van der Waals surface area (Å²) in [6.07, 6.45) is -8.56. The Balaban J connectivity index is 2.65. The highest BCUT2D eigenvalue weighted by atomic mass is 16.7. The van der Waals surface area contributed by atoms with Crippen LogP contribution in [0.1, 0.15) is 60.8 Å². The van der Waals surface area contributed by atoms with E-state index in [0.717, 1.165) is 0 Å². The number of nitrogens with zero attached hydrogens (tertiary/aromatic N) is 1. The number of amides is 4. The highest BCUT2D eigenvalue weighted by molar-refractivity contribution is 6.01. The molecule has 17 heteroatoms. The van der Waals surface area contributed by atoms with Gasteiger partial charge in [-0.05, 0) is 60.8 Å². The molecule has 0 aromatic heterocycles. The molecule has 1 rings (SSSR count). The Morgan fingerprint density at radius 2 is 1.45 bits per heavy atom. The first kappa shape index (κ1) is 36.9. The second kappa shape index (κ2) is 16.5. The standard InChI is InChI=1S/C25H45N5O12/c1-24(2,3)41-22(37)29-21(30-23(38)42-25(4,5)6)27-10-8-7-9-13(19(26)36)28-15(32)12-39-20-18(35)17(34)16(33)14(11-31)40-20/h13-14,16-18,20,31,33-35H,7-12H2,1-6H3,(H2,26,36)(H,28,32)(H2,27,29,30,37,38)/t13-,14-,16-,17+,18+,20+/m0/s1. The summed E-state index contributed by atoms with van der Waals surface area (Å²) in [5, 5.41) is 45.9. The van der Waals surface area contributed by atoms with E-state index in [1.54, 1.807) is 41.5 Å². The number of rotatable bonds is 11. The molecule has 17 nitrogen and oxygen atoms in total. The molecule has 0 aromatic rings. The summed E-state index contributed by atoms with van der Waals surface area (Å²) in [6.45, 7) is 8.74. The minimum Gasteiger partial charge on any atom is -0.444 e. The van der Waals surface area contributed by atoms with Crippen molar-refractivity contribution in [1.82, 2.24) is 16.0 Å². The summed E-state index contributed by atoms with van der Waals surface area (Å²) in [7, 11) is 0. The maximum Gasteiger partial charge on any atom is 0.414 e. The van der Waals surface area contributed by atoms with Crippen molar-refractivity contribution in [3.63, 3.8) is 0 Å². The predicted octanol–water partition coefficient (Wildman–Crippen LogP) is -1.65. The second-order valence-electron chi connectivity index (χ2n) is 11.5. The number of aliphatic imine (C=N–C) groups is 1. The summed E-state index contributed by atoms with van der Waals surface area (Å²) in [4.78, 5) is 52.7. The lowest BCUT2D eigenvalue weighted by atomic mass is 9.99. The largest absolute Gasteiger partial charge is 0.444 e. The molecular formula is C25H45N5O12. The Bertz CT molecular complexity index is 915. The number of unbranched alkanes of at least 4 members (excludes halogenated alkanes) is 1. The number of primary amides is 1. The zero-order chi connectivity index (χ0) is 32.3. The molecule has 0 saturated carbocycles. The molecule has 42 heavy (non-hydrogen) atoms. The lowest BCUT2D eigenvalue weighted by Gasteiger charge is -2.39. The Morgan fingerprint density at radius 1 is 0.905 bits per heavy atom. The van der Waals surface area contributed by atoms with Gasteiger partial charge in [0, 0.05) is 6.54 Å². The summed E-state index contributed by atoms with van der Waals surface area (Å²) < 4.78 is 20.7. The van der Waals surface area contributed by atoms with Crippen LogP contribution in [0.2, 0.25) is 0 Å². The molecule has 1 aliphatic rings. The van der Waals surface area contributed by atoms with Crippen LogP contribution in [-0.4, -0.2) is 118 Å². The number of guanidine groups is 1. The van der Waals surface area contributed by atoms with Crippen molar-refractivity contribution in [2.75, 3.05) is 19.8 Å². The van der Waals surface area contributed by atoms with Crippen LogP contribution >= 0.6 is 0 Å². The number of carbonyl (C=O) groups is 4. The molecule has 1 heterocycles. The highest BCUT2D eigenvalue weighted by Crippen LogP contribution is 2.21. The minimum absolute atomic E-state index is 0.0978. The summed E-state index contributed by atoms with van der Waals surface area (Å²) >= 11 is 0. The van der Waals surface area contributed by atoms with E-state index in [2.05, 4.69) is 20.9 Å². The van der Waals surface area contributed by atoms with Crippen LogP contribution in [0.15, 0.2) is 4.99 Å². The fraction of sp³-hybridized carbons (Fsp3) is 0.800. The number of alkyl carbamates (subject to hydrolysis) is 2. The van der Waals surface area contributed by atoms with Gasteiger partial charge in [0.25, 0.3) is 0 Å². The van der Waals surface area contributed by atoms with Gasteiger partial charge < -0.3 is 50.4 Å². The van der Waals surface area contributed by atoms with Crippen LogP contribution in [0.5, 0.6) is 0 Å². The highest BCUT2D eigenvalue weighted by Gasteiger charge is 2.44. The first-order chi connectivity index (χ1) is 19.3. The molecule has 0 radical (unpaired) electrons. The third-order valence-electron chi connectivity index (χ3n) is 5.32. The van der Waals surface area contributed by atoms with Crippen molar-refractivity contribution in [3.8, 4) is 0 Å². The lowest BCUT2D eigenvalue weighted by Crippen LogP contribution is -2.59. The minimum atomic E-state index is -1.69. The topological polar surface area (TPSA) is 261 Å². The number of hydrogen-bond acceptors (Lipinski definition) is 13. The maximum absolute atomic E-state index is 12.3. The molecule has 0 aromatic carbocycles. The quantitative estimate of drug-likeness (QED) is 0.0746. The Morgan fingerprint density at radius 3 is 1.93 bits per heavy atom. The van der Waals surface area contributed by atoms with Crippen LogP contribution < -0.4 is 21.7 Å². The SMILES string of the molecule is CC(C)(C)OC(=O)NC(=NCCCC[C@H](NC(=O)CO[C@@H]1O[C@@H](CO)[C@H](O)[C@@H](O)[C@H]1O)C(N)=O)NC(=O)OC(C)(C)C. The predicted molar refractivity (Wildman–Crippen MR) is 146 cm³/mol. The van der Waals surface area contributed by atoms with E-state index >= 15 is 0 Å². The van der Waals surface area contributed by atoms with Gasteiger partial charge in [-0.25, -0.2) is 9.59 Å². The molecule has 1 saturated heterocycles. The van der Waals surface area contributed by atoms with Crippen LogP contribution in [0.4, 0.5) is 9.59 Å². The summed E-state index contributed by atoms with van der Waals surface area (Å²) in [6, 6.07) is -1.08. The fourth-order valence-electron chi connectivity index (χ4n) is 3.45. The molecule has 0 unspecified atom stereocenters. The zero-order valence-electron chi connectivity index (χ0n) is 24.8. The van der Waals surface area contributed by atoms with Crippen LogP contribution in [0.25, 0.3) is 0 Å². The van der Waals surface area contributed by atoms with Crippen molar-refractivity contribution in [3.05, 3.63) is 0 Å². The third-order valence-corrected chi connectivity index (χ3v) is 5.32. The summed E-state index contributed by atoms with van der Waals surface area (Å²) in [5.41, 5.74) is 3.80. The van der Waals surface area contributed by atoms with Crippen LogP contribution in [0, 0.1) is 0 Å². The molecule has 1 fully saturated rings. The van der Waals surface area contributed by atoms with Gasteiger partial charge in [-0.3, -0.25) is 25.2 Å². The van der Waals surface area contributed by atoms with Gasteiger partial charge in [0.15, 0.2) is 6.29 Å². The van der Waals surface area contributed by atoms with E-state index in [9.17, 15) is 39.6 Å². The number of nitrogens with one attached hydrogen (secondary N) is 3. The summed E-state index contributed by atoms with van der Waals surface area (Å²) in [5.74, 6) is -1.80. The van der Waals surface area contributed by atoms with Crippen molar-refractivity contribution in [2.24, 2.45) is 10.7 Å². The van der Waals surface area contributed by atoms with Crippen molar-refractivity contribution in [2.45, 2.75) is 109 Å². The van der Waals surface area contributed by atoms with E-state index < -0.39 is 85.2 Å². The molecule has 0 bridgehead atoms. The number of aliphatic hydroxyl groups is 4. The first-order valence-electron chi connectivity index (χ1n) is 13.4. The van der Waals surface area contributed by atoms with Gasteiger partial charge in [0.2, 0.25) is 17.8 Å². The number of nitrogens with two attached hydrogens (primary N) is 1. The normalized spacial score (nSPS) is 23.2. The van der Waals surface area contributed by atoms with Gasteiger partial charge in [-0.1, -0.05) is 0 Å². The molecular weight excluding hydrogens is 562 g/mol.